The fourth-order valence-electron chi connectivity index (χ4n) is 2.46. The van der Waals surface area contributed by atoms with Crippen LogP contribution in [0.3, 0.4) is 0 Å². The van der Waals surface area contributed by atoms with E-state index in [-0.39, 0.29) is 11.4 Å². The fourth-order valence-corrected chi connectivity index (χ4v) is 3.12. The van der Waals surface area contributed by atoms with Crippen LogP contribution < -0.4 is 10.3 Å². The summed E-state index contributed by atoms with van der Waals surface area (Å²) in [6.07, 6.45) is 0. The van der Waals surface area contributed by atoms with Crippen molar-refractivity contribution in [3.8, 4) is 11.4 Å². The number of hydrogen-bond acceptors (Lipinski definition) is 3. The molecule has 0 spiro atoms. The molecule has 0 aliphatic carbocycles. The molecule has 3 aromatic rings. The topological polar surface area (TPSA) is 44.1 Å². The van der Waals surface area contributed by atoms with Crippen LogP contribution in [-0.2, 0) is 5.88 Å². The lowest BCUT2D eigenvalue weighted by Gasteiger charge is -2.15. The van der Waals surface area contributed by atoms with Crippen molar-refractivity contribution in [3.05, 3.63) is 62.2 Å². The quantitative estimate of drug-likeness (QED) is 0.453. The average Bonchev–Trinajstić information content (AvgIpc) is 2.55. The molecule has 0 bridgehead atoms. The zero-order valence-corrected chi connectivity index (χ0v) is 15.3. The standard InChI is InChI=1S/C17H14ClIN2O2/c1-2-23-15-6-4-3-5-14(15)21-16(10-18)20-13-9-11(19)7-8-12(13)17(21)22/h3-9H,2,10H2,1H3. The van der Waals surface area contributed by atoms with Gasteiger partial charge in [-0.1, -0.05) is 12.1 Å². The molecule has 0 radical (unpaired) electrons. The minimum atomic E-state index is -0.144. The van der Waals surface area contributed by atoms with Crippen LogP contribution in [0.25, 0.3) is 16.6 Å². The second-order valence-corrected chi connectivity index (χ2v) is 6.38. The number of ether oxygens (including phenoxy) is 1. The van der Waals surface area contributed by atoms with Crippen molar-refractivity contribution in [1.82, 2.24) is 9.55 Å². The van der Waals surface area contributed by atoms with Gasteiger partial charge < -0.3 is 4.74 Å². The molecule has 0 aliphatic heterocycles. The molecule has 23 heavy (non-hydrogen) atoms. The van der Waals surface area contributed by atoms with E-state index in [0.29, 0.717) is 34.8 Å². The first-order chi connectivity index (χ1) is 11.2. The summed E-state index contributed by atoms with van der Waals surface area (Å²) >= 11 is 8.26. The third-order valence-corrected chi connectivity index (χ3v) is 4.34. The summed E-state index contributed by atoms with van der Waals surface area (Å²) in [4.78, 5) is 17.5. The highest BCUT2D eigenvalue weighted by molar-refractivity contribution is 14.1. The summed E-state index contributed by atoms with van der Waals surface area (Å²) in [6.45, 7) is 2.42. The van der Waals surface area contributed by atoms with Gasteiger partial charge in [0.05, 0.1) is 29.1 Å². The third-order valence-electron chi connectivity index (χ3n) is 3.43. The predicted octanol–water partition coefficient (Wildman–Crippen LogP) is 4.13. The summed E-state index contributed by atoms with van der Waals surface area (Å²) in [5, 5.41) is 0.561. The van der Waals surface area contributed by atoms with Crippen LogP contribution in [0.1, 0.15) is 12.7 Å². The summed E-state index contributed by atoms with van der Waals surface area (Å²) in [5.74, 6) is 1.27. The lowest BCUT2D eigenvalue weighted by molar-refractivity contribution is 0.338. The summed E-state index contributed by atoms with van der Waals surface area (Å²) in [6, 6.07) is 13.0. The highest BCUT2D eigenvalue weighted by Crippen LogP contribution is 2.24. The van der Waals surface area contributed by atoms with Gasteiger partial charge in [-0.15, -0.1) is 11.6 Å². The van der Waals surface area contributed by atoms with Gasteiger partial charge in [0.1, 0.15) is 11.6 Å². The van der Waals surface area contributed by atoms with Crippen molar-refractivity contribution < 1.29 is 4.74 Å². The Hall–Kier alpha value is -1.60. The van der Waals surface area contributed by atoms with Crippen molar-refractivity contribution in [2.75, 3.05) is 6.61 Å². The number of rotatable bonds is 4. The van der Waals surface area contributed by atoms with Gasteiger partial charge in [0.15, 0.2) is 0 Å². The van der Waals surface area contributed by atoms with Gasteiger partial charge in [0, 0.05) is 3.57 Å². The van der Waals surface area contributed by atoms with Crippen LogP contribution in [0.4, 0.5) is 0 Å². The number of benzene rings is 2. The highest BCUT2D eigenvalue weighted by Gasteiger charge is 2.15. The van der Waals surface area contributed by atoms with Crippen LogP contribution >= 0.6 is 34.2 Å². The Morgan fingerprint density at radius 1 is 1.26 bits per heavy atom. The number of aromatic nitrogens is 2. The Morgan fingerprint density at radius 2 is 2.04 bits per heavy atom. The Kier molecular flexibility index (Phi) is 4.87. The van der Waals surface area contributed by atoms with E-state index in [2.05, 4.69) is 27.6 Å². The van der Waals surface area contributed by atoms with E-state index >= 15 is 0 Å². The summed E-state index contributed by atoms with van der Waals surface area (Å²) < 4.78 is 8.20. The van der Waals surface area contributed by atoms with E-state index in [1.165, 1.54) is 4.57 Å². The molecule has 2 aromatic carbocycles. The predicted molar refractivity (Wildman–Crippen MR) is 101 cm³/mol. The summed E-state index contributed by atoms with van der Waals surface area (Å²) in [5.41, 5.74) is 1.17. The minimum Gasteiger partial charge on any atom is -0.492 e. The van der Waals surface area contributed by atoms with Crippen molar-refractivity contribution in [1.29, 1.82) is 0 Å². The Morgan fingerprint density at radius 3 is 2.78 bits per heavy atom. The molecule has 0 saturated carbocycles. The SMILES string of the molecule is CCOc1ccccc1-n1c(CCl)nc2cc(I)ccc2c1=O. The zero-order chi connectivity index (χ0) is 16.4. The first kappa shape index (κ1) is 16.3. The lowest BCUT2D eigenvalue weighted by atomic mass is 10.2. The van der Waals surface area contributed by atoms with Gasteiger partial charge in [-0.05, 0) is 59.8 Å². The van der Waals surface area contributed by atoms with Crippen LogP contribution in [0.2, 0.25) is 0 Å². The second-order valence-electron chi connectivity index (χ2n) is 4.86. The molecule has 0 unspecified atom stereocenters. The molecule has 0 saturated heterocycles. The smallest absolute Gasteiger partial charge is 0.266 e. The molecular weight excluding hydrogens is 427 g/mol. The van der Waals surface area contributed by atoms with Crippen molar-refractivity contribution in [2.24, 2.45) is 0 Å². The van der Waals surface area contributed by atoms with E-state index < -0.39 is 0 Å². The molecule has 0 fully saturated rings. The van der Waals surface area contributed by atoms with Crippen molar-refractivity contribution in [2.45, 2.75) is 12.8 Å². The number of para-hydroxylation sites is 2. The molecule has 0 amide bonds. The van der Waals surface area contributed by atoms with E-state index in [1.807, 2.05) is 43.3 Å². The minimum absolute atomic E-state index is 0.136. The average molecular weight is 441 g/mol. The van der Waals surface area contributed by atoms with E-state index in [0.717, 1.165) is 3.57 Å². The first-order valence-corrected chi connectivity index (χ1v) is 8.76. The summed E-state index contributed by atoms with van der Waals surface area (Å²) in [7, 11) is 0. The third kappa shape index (κ3) is 3.07. The molecule has 4 nitrogen and oxygen atoms in total. The Bertz CT molecular complexity index is 924. The van der Waals surface area contributed by atoms with Crippen LogP contribution in [0, 0.1) is 3.57 Å². The van der Waals surface area contributed by atoms with E-state index in [4.69, 9.17) is 16.3 Å². The second kappa shape index (κ2) is 6.88. The van der Waals surface area contributed by atoms with Gasteiger partial charge in [0.25, 0.3) is 5.56 Å². The molecule has 1 aromatic heterocycles. The molecule has 6 heteroatoms. The normalized spacial score (nSPS) is 10.9. The van der Waals surface area contributed by atoms with Crippen LogP contribution in [0.5, 0.6) is 5.75 Å². The largest absolute Gasteiger partial charge is 0.492 e. The zero-order valence-electron chi connectivity index (χ0n) is 12.4. The van der Waals surface area contributed by atoms with Crippen LogP contribution in [-0.4, -0.2) is 16.2 Å². The number of alkyl halides is 1. The maximum absolute atomic E-state index is 13.0. The fraction of sp³-hybridized carbons (Fsp3) is 0.176. The van der Waals surface area contributed by atoms with Crippen LogP contribution in [0.15, 0.2) is 47.3 Å². The Balaban J connectivity index is 2.35. The maximum Gasteiger partial charge on any atom is 0.266 e. The molecule has 0 N–H and O–H groups in total. The number of nitrogens with zero attached hydrogens (tertiary/aromatic N) is 2. The van der Waals surface area contributed by atoms with Gasteiger partial charge in [-0.3, -0.25) is 9.36 Å². The maximum atomic E-state index is 13.0. The molecular formula is C17H14ClIN2O2. The number of halogens is 2. The lowest BCUT2D eigenvalue weighted by Crippen LogP contribution is -2.24. The van der Waals surface area contributed by atoms with E-state index in [9.17, 15) is 4.79 Å². The number of fused-ring (bicyclic) bond motifs is 1. The van der Waals surface area contributed by atoms with Crippen molar-refractivity contribution >= 4 is 45.1 Å². The molecule has 3 rings (SSSR count). The Labute approximate surface area is 152 Å². The molecule has 0 aliphatic rings. The van der Waals surface area contributed by atoms with Gasteiger partial charge in [-0.2, -0.15) is 0 Å². The van der Waals surface area contributed by atoms with Gasteiger partial charge in [-0.25, -0.2) is 4.98 Å². The first-order valence-electron chi connectivity index (χ1n) is 7.15. The number of hydrogen-bond donors (Lipinski definition) is 0. The molecule has 0 atom stereocenters. The van der Waals surface area contributed by atoms with Crippen molar-refractivity contribution in [3.63, 3.8) is 0 Å². The highest BCUT2D eigenvalue weighted by atomic mass is 127. The van der Waals surface area contributed by atoms with Gasteiger partial charge in [0.2, 0.25) is 0 Å². The molecule has 1 heterocycles. The van der Waals surface area contributed by atoms with Gasteiger partial charge >= 0.3 is 0 Å². The van der Waals surface area contributed by atoms with E-state index in [1.54, 1.807) is 6.07 Å². The molecule has 118 valence electrons. The monoisotopic (exact) mass is 440 g/mol.